The third kappa shape index (κ3) is 3.88. The number of hydrogen-bond acceptors (Lipinski definition) is 2. The molecule has 0 aliphatic heterocycles. The fourth-order valence-corrected chi connectivity index (χ4v) is 2.28. The van der Waals surface area contributed by atoms with Crippen LogP contribution in [-0.2, 0) is 13.1 Å². The third-order valence-electron chi connectivity index (χ3n) is 2.48. The zero-order valence-corrected chi connectivity index (χ0v) is 11.1. The second kappa shape index (κ2) is 5.84. The number of benzene rings is 2. The van der Waals surface area contributed by atoms with Crippen LogP contribution in [0.3, 0.4) is 0 Å². The summed E-state index contributed by atoms with van der Waals surface area (Å²) in [6, 6.07) is 16.3. The third-order valence-corrected chi connectivity index (χ3v) is 2.94. The minimum absolute atomic E-state index is 0.788. The quantitative estimate of drug-likeness (QED) is 0.848. The number of halogens is 1. The van der Waals surface area contributed by atoms with Gasteiger partial charge in [0, 0.05) is 23.2 Å². The number of hydrogen-bond donors (Lipinski definition) is 2. The molecule has 2 nitrogen and oxygen atoms in total. The highest BCUT2D eigenvalue weighted by molar-refractivity contribution is 9.10. The molecule has 2 aromatic carbocycles. The fraction of sp³-hybridized carbons (Fsp3) is 0.143. The van der Waals surface area contributed by atoms with Gasteiger partial charge in [0.1, 0.15) is 0 Å². The molecule has 3 N–H and O–H groups in total. The van der Waals surface area contributed by atoms with Crippen molar-refractivity contribution in [1.82, 2.24) is 5.32 Å². The molecule has 2 aromatic rings. The van der Waals surface area contributed by atoms with Crippen LogP contribution in [0.25, 0.3) is 0 Å². The van der Waals surface area contributed by atoms with Gasteiger partial charge in [-0.25, -0.2) is 0 Å². The summed E-state index contributed by atoms with van der Waals surface area (Å²) < 4.78 is 1.02. The molecule has 0 unspecified atom stereocenters. The lowest BCUT2D eigenvalue weighted by atomic mass is 10.2. The second-order valence-corrected chi connectivity index (χ2v) is 4.90. The van der Waals surface area contributed by atoms with Crippen molar-refractivity contribution in [3.8, 4) is 0 Å². The minimum Gasteiger partial charge on any atom is -0.399 e. The number of nitrogens with two attached hydrogens (primary N) is 1. The Labute approximate surface area is 110 Å². The lowest BCUT2D eigenvalue weighted by Gasteiger charge is -2.06. The summed E-state index contributed by atoms with van der Waals surface area (Å²) in [5, 5.41) is 3.40. The van der Waals surface area contributed by atoms with Gasteiger partial charge < -0.3 is 11.1 Å². The van der Waals surface area contributed by atoms with E-state index in [2.05, 4.69) is 39.4 Å². The molecule has 0 radical (unpaired) electrons. The largest absolute Gasteiger partial charge is 0.399 e. The number of nitrogen functional groups attached to an aromatic ring is 1. The second-order valence-electron chi connectivity index (χ2n) is 3.98. The Kier molecular flexibility index (Phi) is 4.18. The zero-order chi connectivity index (χ0) is 12.1. The van der Waals surface area contributed by atoms with Crippen LogP contribution in [-0.4, -0.2) is 0 Å². The summed E-state index contributed by atoms with van der Waals surface area (Å²) in [6.07, 6.45) is 0. The van der Waals surface area contributed by atoms with Crippen molar-refractivity contribution in [2.24, 2.45) is 0 Å². The lowest BCUT2D eigenvalue weighted by Crippen LogP contribution is -2.12. The monoisotopic (exact) mass is 290 g/mol. The van der Waals surface area contributed by atoms with Gasteiger partial charge in [0.25, 0.3) is 0 Å². The van der Waals surface area contributed by atoms with Gasteiger partial charge in [-0.05, 0) is 29.3 Å². The number of rotatable bonds is 4. The standard InChI is InChI=1S/C14H15BrN2/c15-13-6-12(7-14(16)8-13)10-17-9-11-4-2-1-3-5-11/h1-8,17H,9-10,16H2. The van der Waals surface area contributed by atoms with Crippen molar-refractivity contribution in [1.29, 1.82) is 0 Å². The van der Waals surface area contributed by atoms with Crippen molar-refractivity contribution >= 4 is 21.6 Å². The van der Waals surface area contributed by atoms with E-state index in [0.29, 0.717) is 0 Å². The first-order valence-corrected chi connectivity index (χ1v) is 6.33. The molecule has 0 atom stereocenters. The average Bonchev–Trinajstić information content (AvgIpc) is 2.29. The highest BCUT2D eigenvalue weighted by atomic mass is 79.9. The van der Waals surface area contributed by atoms with E-state index in [1.807, 2.05) is 30.3 Å². The van der Waals surface area contributed by atoms with Crippen LogP contribution in [0, 0.1) is 0 Å². The number of anilines is 1. The van der Waals surface area contributed by atoms with Crippen molar-refractivity contribution in [3.05, 3.63) is 64.1 Å². The van der Waals surface area contributed by atoms with Crippen molar-refractivity contribution < 1.29 is 0 Å². The molecule has 0 heterocycles. The highest BCUT2D eigenvalue weighted by Gasteiger charge is 1.97. The van der Waals surface area contributed by atoms with Gasteiger partial charge in [-0.3, -0.25) is 0 Å². The Morgan fingerprint density at radius 1 is 0.941 bits per heavy atom. The first-order valence-electron chi connectivity index (χ1n) is 5.53. The maximum absolute atomic E-state index is 5.78. The summed E-state index contributed by atoms with van der Waals surface area (Å²) >= 11 is 3.44. The molecule has 0 aliphatic rings. The minimum atomic E-state index is 0.788. The van der Waals surface area contributed by atoms with Gasteiger partial charge in [0.15, 0.2) is 0 Å². The van der Waals surface area contributed by atoms with Gasteiger partial charge >= 0.3 is 0 Å². The van der Waals surface area contributed by atoms with E-state index in [1.54, 1.807) is 0 Å². The summed E-state index contributed by atoms with van der Waals surface area (Å²) in [4.78, 5) is 0. The summed E-state index contributed by atoms with van der Waals surface area (Å²) in [5.74, 6) is 0. The van der Waals surface area contributed by atoms with Gasteiger partial charge in [-0.15, -0.1) is 0 Å². The van der Waals surface area contributed by atoms with Crippen LogP contribution in [0.4, 0.5) is 5.69 Å². The van der Waals surface area contributed by atoms with Crippen LogP contribution < -0.4 is 11.1 Å². The Hall–Kier alpha value is -1.32. The van der Waals surface area contributed by atoms with Crippen LogP contribution in [0.2, 0.25) is 0 Å². The molecule has 0 spiro atoms. The SMILES string of the molecule is Nc1cc(Br)cc(CNCc2ccccc2)c1. The highest BCUT2D eigenvalue weighted by Crippen LogP contribution is 2.17. The Balaban J connectivity index is 1.90. The van der Waals surface area contributed by atoms with Crippen molar-refractivity contribution in [2.75, 3.05) is 5.73 Å². The molecule has 0 aromatic heterocycles. The van der Waals surface area contributed by atoms with Gasteiger partial charge in [0.2, 0.25) is 0 Å². The molecule has 2 rings (SSSR count). The molecule has 0 bridgehead atoms. The van der Waals surface area contributed by atoms with Crippen LogP contribution in [0.15, 0.2) is 53.0 Å². The van der Waals surface area contributed by atoms with Crippen LogP contribution in [0.1, 0.15) is 11.1 Å². The van der Waals surface area contributed by atoms with Gasteiger partial charge in [0.05, 0.1) is 0 Å². The molecule has 0 amide bonds. The molecule has 0 fully saturated rings. The van der Waals surface area contributed by atoms with E-state index in [1.165, 1.54) is 11.1 Å². The Morgan fingerprint density at radius 3 is 2.35 bits per heavy atom. The molecule has 3 heteroatoms. The summed E-state index contributed by atoms with van der Waals surface area (Å²) in [7, 11) is 0. The van der Waals surface area contributed by atoms with Gasteiger partial charge in [-0.2, -0.15) is 0 Å². The fourth-order valence-electron chi connectivity index (χ4n) is 1.72. The van der Waals surface area contributed by atoms with E-state index in [0.717, 1.165) is 23.2 Å². The number of nitrogens with one attached hydrogen (secondary N) is 1. The molecule has 17 heavy (non-hydrogen) atoms. The molecule has 0 saturated carbocycles. The molecular formula is C14H15BrN2. The topological polar surface area (TPSA) is 38.0 Å². The first-order chi connectivity index (χ1) is 8.24. The van der Waals surface area contributed by atoms with E-state index in [9.17, 15) is 0 Å². The molecule has 0 saturated heterocycles. The van der Waals surface area contributed by atoms with E-state index in [-0.39, 0.29) is 0 Å². The van der Waals surface area contributed by atoms with E-state index in [4.69, 9.17) is 5.73 Å². The van der Waals surface area contributed by atoms with Crippen molar-refractivity contribution in [3.63, 3.8) is 0 Å². The normalized spacial score (nSPS) is 10.4. The average molecular weight is 291 g/mol. The maximum Gasteiger partial charge on any atom is 0.0328 e. The van der Waals surface area contributed by atoms with Gasteiger partial charge in [-0.1, -0.05) is 46.3 Å². The summed E-state index contributed by atoms with van der Waals surface area (Å²) in [6.45, 7) is 1.69. The van der Waals surface area contributed by atoms with Crippen molar-refractivity contribution in [2.45, 2.75) is 13.1 Å². The zero-order valence-electron chi connectivity index (χ0n) is 9.49. The first kappa shape index (κ1) is 12.1. The van der Waals surface area contributed by atoms with Crippen LogP contribution in [0.5, 0.6) is 0 Å². The van der Waals surface area contributed by atoms with Crippen LogP contribution >= 0.6 is 15.9 Å². The molecular weight excluding hydrogens is 276 g/mol. The molecule has 0 aliphatic carbocycles. The van der Waals surface area contributed by atoms with E-state index >= 15 is 0 Å². The summed E-state index contributed by atoms with van der Waals surface area (Å²) in [5.41, 5.74) is 9.05. The smallest absolute Gasteiger partial charge is 0.0328 e. The Bertz CT molecular complexity index is 463. The maximum atomic E-state index is 5.78. The predicted octanol–water partition coefficient (Wildman–Crippen LogP) is 3.32. The Morgan fingerprint density at radius 2 is 1.65 bits per heavy atom. The molecule has 88 valence electrons. The van der Waals surface area contributed by atoms with E-state index < -0.39 is 0 Å². The lowest BCUT2D eigenvalue weighted by molar-refractivity contribution is 0.693. The predicted molar refractivity (Wildman–Crippen MR) is 75.5 cm³/mol.